The highest BCUT2D eigenvalue weighted by Crippen LogP contribution is 2.28. The van der Waals surface area contributed by atoms with E-state index in [0.717, 1.165) is 96.1 Å². The van der Waals surface area contributed by atoms with Crippen molar-refractivity contribution in [2.24, 2.45) is 0 Å². The Kier molecular flexibility index (Phi) is 17.3. The minimum Gasteiger partial charge on any atom is -0.253 e. The smallest absolute Gasteiger partial charge is 0.160 e. The molecule has 4 heterocycles. The largest absolute Gasteiger partial charge is 0.253 e. The molecule has 0 aliphatic rings. The fraction of sp³-hybridized carbons (Fsp3) is 0.0571. The van der Waals surface area contributed by atoms with Gasteiger partial charge in [0.15, 0.2) is 5.82 Å². The van der Waals surface area contributed by atoms with E-state index >= 15 is 0 Å². The van der Waals surface area contributed by atoms with Crippen LogP contribution in [0, 0.1) is 27.7 Å². The highest BCUT2D eigenvalue weighted by molar-refractivity contribution is 5.72. The zero-order chi connectivity index (χ0) is 52.3. The van der Waals surface area contributed by atoms with E-state index in [1.807, 2.05) is 178 Å². The van der Waals surface area contributed by atoms with Crippen molar-refractivity contribution in [2.75, 3.05) is 0 Å². The van der Waals surface area contributed by atoms with Crippen molar-refractivity contribution < 1.29 is 0 Å². The van der Waals surface area contributed by atoms with E-state index in [-0.39, 0.29) is 0 Å². The van der Waals surface area contributed by atoms with Gasteiger partial charge >= 0.3 is 0 Å². The second-order valence-electron chi connectivity index (χ2n) is 18.1. The van der Waals surface area contributed by atoms with Gasteiger partial charge < -0.3 is 0 Å². The van der Waals surface area contributed by atoms with Gasteiger partial charge in [0.05, 0.1) is 34.2 Å². The maximum Gasteiger partial charge on any atom is 0.160 e. The van der Waals surface area contributed by atoms with E-state index in [0.29, 0.717) is 0 Å². The summed E-state index contributed by atoms with van der Waals surface area (Å²) >= 11 is 0. The van der Waals surface area contributed by atoms with E-state index in [2.05, 4.69) is 153 Å². The Morgan fingerprint density at radius 3 is 0.855 bits per heavy atom. The zero-order valence-electron chi connectivity index (χ0n) is 43.2. The van der Waals surface area contributed by atoms with Gasteiger partial charge in [-0.2, -0.15) is 0 Å². The quantitative estimate of drug-likeness (QED) is 0.151. The molecule has 0 bridgehead atoms. The molecule has 12 aromatic rings. The molecular formula is C70H58N6. The molecule has 0 unspecified atom stereocenters. The molecule has 0 saturated heterocycles. The number of hydrogen-bond acceptors (Lipinski definition) is 6. The molecule has 0 saturated carbocycles. The lowest BCUT2D eigenvalue weighted by molar-refractivity contribution is 1.06. The van der Waals surface area contributed by atoms with Gasteiger partial charge in [-0.25, -0.2) is 24.9 Å². The summed E-state index contributed by atoms with van der Waals surface area (Å²) in [6, 6.07) is 94.5. The summed E-state index contributed by atoms with van der Waals surface area (Å²) in [7, 11) is 0. The molecule has 0 radical (unpaired) electrons. The molecule has 0 amide bonds. The third kappa shape index (κ3) is 14.2. The van der Waals surface area contributed by atoms with Gasteiger partial charge in [-0.15, -0.1) is 0 Å². The van der Waals surface area contributed by atoms with Crippen LogP contribution in [-0.2, 0) is 0 Å². The number of pyridine rings is 2. The second kappa shape index (κ2) is 25.7. The van der Waals surface area contributed by atoms with Gasteiger partial charge in [0, 0.05) is 50.3 Å². The summed E-state index contributed by atoms with van der Waals surface area (Å²) < 4.78 is 0. The van der Waals surface area contributed by atoms with Gasteiger partial charge in [0.1, 0.15) is 5.82 Å². The first-order valence-electron chi connectivity index (χ1n) is 25.4. The van der Waals surface area contributed by atoms with E-state index in [1.165, 1.54) is 16.7 Å². The molecular weight excluding hydrogens is 925 g/mol. The number of benzene rings is 8. The van der Waals surface area contributed by atoms with Crippen LogP contribution < -0.4 is 0 Å². The lowest BCUT2D eigenvalue weighted by Gasteiger charge is -2.07. The number of hydrogen-bond donors (Lipinski definition) is 0. The molecule has 0 aliphatic heterocycles. The molecule has 0 fully saturated rings. The van der Waals surface area contributed by atoms with Crippen LogP contribution in [-0.4, -0.2) is 29.9 Å². The third-order valence-electron chi connectivity index (χ3n) is 12.2. The Morgan fingerprint density at radius 1 is 0.197 bits per heavy atom. The number of nitrogens with zero attached hydrogens (tertiary/aromatic N) is 6. The third-order valence-corrected chi connectivity index (χ3v) is 12.2. The molecule has 0 aliphatic carbocycles. The molecule has 0 N–H and O–H groups in total. The molecule has 0 atom stereocenters. The van der Waals surface area contributed by atoms with Crippen LogP contribution in [0.3, 0.4) is 0 Å². The highest BCUT2D eigenvalue weighted by Gasteiger charge is 2.09. The predicted octanol–water partition coefficient (Wildman–Crippen LogP) is 17.7. The van der Waals surface area contributed by atoms with Crippen molar-refractivity contribution in [1.82, 2.24) is 29.9 Å². The van der Waals surface area contributed by atoms with Crippen molar-refractivity contribution in [1.29, 1.82) is 0 Å². The van der Waals surface area contributed by atoms with Gasteiger partial charge in [-0.05, 0) is 80.8 Å². The lowest BCUT2D eigenvalue weighted by atomic mass is 10.0. The van der Waals surface area contributed by atoms with E-state index in [9.17, 15) is 0 Å². The van der Waals surface area contributed by atoms with E-state index in [1.54, 1.807) is 0 Å². The Hall–Kier alpha value is -9.78. The summed E-state index contributed by atoms with van der Waals surface area (Å²) in [4.78, 5) is 27.6. The molecule has 6 nitrogen and oxygen atoms in total. The van der Waals surface area contributed by atoms with Gasteiger partial charge in [-0.1, -0.05) is 243 Å². The van der Waals surface area contributed by atoms with Gasteiger partial charge in [0.25, 0.3) is 0 Å². The first kappa shape index (κ1) is 51.1. The molecule has 12 rings (SSSR count). The van der Waals surface area contributed by atoms with Crippen molar-refractivity contribution in [3.63, 3.8) is 0 Å². The van der Waals surface area contributed by atoms with Crippen LogP contribution in [0.15, 0.2) is 279 Å². The summed E-state index contributed by atoms with van der Waals surface area (Å²) in [5.41, 5.74) is 19.5. The van der Waals surface area contributed by atoms with Crippen LogP contribution in [0.2, 0.25) is 0 Å². The normalized spacial score (nSPS) is 10.4. The average molecular weight is 983 g/mol. The minimum absolute atomic E-state index is 0.777. The monoisotopic (exact) mass is 982 g/mol. The Labute approximate surface area is 447 Å². The van der Waals surface area contributed by atoms with Crippen LogP contribution in [0.25, 0.3) is 90.1 Å². The van der Waals surface area contributed by atoms with Gasteiger partial charge in [0.2, 0.25) is 0 Å². The van der Waals surface area contributed by atoms with Crippen molar-refractivity contribution in [3.8, 4) is 90.1 Å². The maximum atomic E-state index is 4.77. The summed E-state index contributed by atoms with van der Waals surface area (Å²) in [5, 5.41) is 0. The standard InChI is InChI=1S/2C18H15N.2C17H14N2/c1-14-12-17(15-8-4-2-5-9-15)13-18(19-14)16-10-6-3-7-11-16;1-14-12-17(15-8-4-2-5-9-15)19-18(13-14)16-10-6-3-7-11-16;1-13-18-16(14-8-4-2-5-9-14)12-17(19-13)15-10-6-3-7-11-15;1-13-12-16(14-8-4-2-5-9-14)19-17(18-13)15-10-6-3-7-11-15/h2*2-13H,1H3;2*2-12H,1H3. The highest BCUT2D eigenvalue weighted by atomic mass is 14.9. The molecule has 6 heteroatoms. The maximum absolute atomic E-state index is 4.77. The predicted molar refractivity (Wildman–Crippen MR) is 315 cm³/mol. The number of aryl methyl sites for hydroxylation is 4. The van der Waals surface area contributed by atoms with Gasteiger partial charge in [-0.3, -0.25) is 4.98 Å². The van der Waals surface area contributed by atoms with Crippen LogP contribution >= 0.6 is 0 Å². The van der Waals surface area contributed by atoms with Crippen LogP contribution in [0.4, 0.5) is 0 Å². The topological polar surface area (TPSA) is 77.3 Å². The SMILES string of the molecule is Cc1cc(-c2ccccc2)cc(-c2ccccc2)n1.Cc1cc(-c2ccccc2)nc(-c2ccccc2)c1.Cc1cc(-c2ccccc2)nc(-c2ccccc2)n1.Cc1nc(-c2ccccc2)cc(-c2ccccc2)n1. The molecule has 0 spiro atoms. The number of rotatable bonds is 8. The molecule has 4 aromatic heterocycles. The first-order valence-corrected chi connectivity index (χ1v) is 25.4. The number of aromatic nitrogens is 6. The molecule has 8 aromatic carbocycles. The Bertz CT molecular complexity index is 2960. The summed E-state index contributed by atoms with van der Waals surface area (Å²) in [6.45, 7) is 8.08. The molecule has 368 valence electrons. The summed E-state index contributed by atoms with van der Waals surface area (Å²) in [5.74, 6) is 1.57. The fourth-order valence-corrected chi connectivity index (χ4v) is 8.53. The van der Waals surface area contributed by atoms with E-state index in [4.69, 9.17) is 4.98 Å². The minimum atomic E-state index is 0.777. The van der Waals surface area contributed by atoms with Crippen LogP contribution in [0.5, 0.6) is 0 Å². The average Bonchev–Trinajstić information content (AvgIpc) is 3.49. The van der Waals surface area contributed by atoms with Crippen molar-refractivity contribution in [3.05, 3.63) is 302 Å². The second-order valence-corrected chi connectivity index (χ2v) is 18.1. The van der Waals surface area contributed by atoms with E-state index < -0.39 is 0 Å². The summed E-state index contributed by atoms with van der Waals surface area (Å²) in [6.07, 6.45) is 0. The van der Waals surface area contributed by atoms with Crippen LogP contribution in [0.1, 0.15) is 22.8 Å². The Balaban J connectivity index is 0.000000124. The zero-order valence-corrected chi connectivity index (χ0v) is 43.2. The van der Waals surface area contributed by atoms with Crippen molar-refractivity contribution >= 4 is 0 Å². The molecule has 76 heavy (non-hydrogen) atoms. The first-order chi connectivity index (χ1) is 37.3. The van der Waals surface area contributed by atoms with Crippen molar-refractivity contribution in [2.45, 2.75) is 27.7 Å². The lowest BCUT2D eigenvalue weighted by Crippen LogP contribution is -1.94. The Morgan fingerprint density at radius 2 is 0.487 bits per heavy atom. The fourth-order valence-electron chi connectivity index (χ4n) is 8.53.